The van der Waals surface area contributed by atoms with Crippen LogP contribution in [0.2, 0.25) is 0 Å². The highest BCUT2D eigenvalue weighted by molar-refractivity contribution is 5.90. The van der Waals surface area contributed by atoms with Crippen LogP contribution in [0.25, 0.3) is 0 Å². The predicted molar refractivity (Wildman–Crippen MR) is 98.5 cm³/mol. The molecule has 144 valence electrons. The van der Waals surface area contributed by atoms with Crippen molar-refractivity contribution in [3.8, 4) is 0 Å². The number of nitrogens with zero attached hydrogens (tertiary/aromatic N) is 1. The van der Waals surface area contributed by atoms with Crippen molar-refractivity contribution in [2.24, 2.45) is 28.9 Å². The molecule has 4 aliphatic carbocycles. The first-order chi connectivity index (χ1) is 12.8. The van der Waals surface area contributed by atoms with Gasteiger partial charge in [-0.3, -0.25) is 19.7 Å². The average Bonchev–Trinajstić information content (AvgIpc) is 2.60. The molecule has 4 saturated carbocycles. The van der Waals surface area contributed by atoms with Crippen molar-refractivity contribution in [3.63, 3.8) is 0 Å². The third-order valence-corrected chi connectivity index (χ3v) is 6.76. The largest absolute Gasteiger partial charge is 0.368 e. The summed E-state index contributed by atoms with van der Waals surface area (Å²) in [6.45, 7) is 0. The van der Waals surface area contributed by atoms with E-state index in [1.807, 2.05) is 0 Å². The molecular formula is C20H25N3O4. The van der Waals surface area contributed by atoms with Gasteiger partial charge in [0.15, 0.2) is 0 Å². The van der Waals surface area contributed by atoms with Gasteiger partial charge in [-0.1, -0.05) is 12.1 Å². The number of rotatable bonds is 6. The first-order valence-corrected chi connectivity index (χ1v) is 9.68. The minimum absolute atomic E-state index is 0.00743. The molecule has 0 unspecified atom stereocenters. The number of amides is 2. The molecular weight excluding hydrogens is 346 g/mol. The van der Waals surface area contributed by atoms with E-state index in [4.69, 9.17) is 5.73 Å². The second kappa shape index (κ2) is 6.62. The minimum Gasteiger partial charge on any atom is -0.368 e. The first-order valence-electron chi connectivity index (χ1n) is 9.68. The van der Waals surface area contributed by atoms with Crippen LogP contribution in [0, 0.1) is 33.3 Å². The Bertz CT molecular complexity index is 739. The molecule has 0 heterocycles. The lowest BCUT2D eigenvalue weighted by atomic mass is 9.49. The molecule has 7 heteroatoms. The van der Waals surface area contributed by atoms with Crippen molar-refractivity contribution < 1.29 is 14.5 Å². The minimum atomic E-state index is -0.799. The summed E-state index contributed by atoms with van der Waals surface area (Å²) in [4.78, 5) is 35.4. The number of benzene rings is 1. The van der Waals surface area contributed by atoms with Gasteiger partial charge in [-0.25, -0.2) is 0 Å². The Balaban J connectivity index is 1.46. The van der Waals surface area contributed by atoms with Crippen LogP contribution in [0.15, 0.2) is 24.3 Å². The summed E-state index contributed by atoms with van der Waals surface area (Å²) in [5, 5.41) is 13.7. The van der Waals surface area contributed by atoms with Gasteiger partial charge in [-0.2, -0.15) is 0 Å². The van der Waals surface area contributed by atoms with E-state index < -0.39 is 16.9 Å². The SMILES string of the molecule is NC(=O)[C@H](Cc1ccc([N+](=O)[O-])cc1)NC(=O)C12CC3CC(CC(C3)C1)C2. The highest BCUT2D eigenvalue weighted by Gasteiger charge is 2.54. The van der Waals surface area contributed by atoms with Crippen LogP contribution >= 0.6 is 0 Å². The normalized spacial score (nSPS) is 32.1. The van der Waals surface area contributed by atoms with Crippen molar-refractivity contribution in [2.75, 3.05) is 0 Å². The first kappa shape index (κ1) is 17.9. The maximum atomic E-state index is 13.1. The third-order valence-electron chi connectivity index (χ3n) is 6.76. The zero-order valence-corrected chi connectivity index (χ0v) is 15.2. The van der Waals surface area contributed by atoms with Gasteiger partial charge >= 0.3 is 0 Å². The number of carbonyl (C=O) groups excluding carboxylic acids is 2. The molecule has 0 spiro atoms. The molecule has 5 rings (SSSR count). The molecule has 1 aromatic rings. The van der Waals surface area contributed by atoms with Crippen LogP contribution in [-0.2, 0) is 16.0 Å². The molecule has 2 amide bonds. The van der Waals surface area contributed by atoms with Crippen LogP contribution in [0.4, 0.5) is 5.69 Å². The Labute approximate surface area is 157 Å². The number of hydrogen-bond acceptors (Lipinski definition) is 4. The number of primary amides is 1. The number of non-ortho nitro benzene ring substituents is 1. The third kappa shape index (κ3) is 3.42. The van der Waals surface area contributed by atoms with E-state index in [9.17, 15) is 19.7 Å². The van der Waals surface area contributed by atoms with Gasteiger partial charge in [-0.05, 0) is 61.8 Å². The lowest BCUT2D eigenvalue weighted by Crippen LogP contribution is -2.57. The van der Waals surface area contributed by atoms with E-state index in [-0.39, 0.29) is 23.4 Å². The number of carbonyl (C=O) groups is 2. The van der Waals surface area contributed by atoms with E-state index >= 15 is 0 Å². The Morgan fingerprint density at radius 1 is 1.11 bits per heavy atom. The lowest BCUT2D eigenvalue weighted by Gasteiger charge is -2.55. The fourth-order valence-electron chi connectivity index (χ4n) is 5.91. The molecule has 4 bridgehead atoms. The fraction of sp³-hybridized carbons (Fsp3) is 0.600. The maximum absolute atomic E-state index is 13.1. The van der Waals surface area contributed by atoms with Gasteiger partial charge in [-0.15, -0.1) is 0 Å². The number of nitro groups is 1. The lowest BCUT2D eigenvalue weighted by molar-refractivity contribution is -0.384. The number of nitrogens with two attached hydrogens (primary N) is 1. The van der Waals surface area contributed by atoms with Crippen LogP contribution in [0.1, 0.15) is 44.1 Å². The molecule has 0 aromatic heterocycles. The summed E-state index contributed by atoms with van der Waals surface area (Å²) in [5.74, 6) is 1.31. The van der Waals surface area contributed by atoms with Crippen LogP contribution < -0.4 is 11.1 Å². The fourth-order valence-corrected chi connectivity index (χ4v) is 5.91. The van der Waals surface area contributed by atoms with E-state index in [0.717, 1.165) is 24.8 Å². The molecule has 0 radical (unpaired) electrons. The molecule has 27 heavy (non-hydrogen) atoms. The highest BCUT2D eigenvalue weighted by atomic mass is 16.6. The van der Waals surface area contributed by atoms with Crippen LogP contribution in [0.3, 0.4) is 0 Å². The molecule has 3 N–H and O–H groups in total. The monoisotopic (exact) mass is 371 g/mol. The highest BCUT2D eigenvalue weighted by Crippen LogP contribution is 2.60. The summed E-state index contributed by atoms with van der Waals surface area (Å²) in [6.07, 6.45) is 6.75. The Morgan fingerprint density at radius 2 is 1.63 bits per heavy atom. The van der Waals surface area contributed by atoms with Crippen LogP contribution in [-0.4, -0.2) is 22.8 Å². The van der Waals surface area contributed by atoms with Crippen LogP contribution in [0.5, 0.6) is 0 Å². The standard InChI is InChI=1S/C20H25N3O4/c21-18(24)17(8-12-1-3-16(4-2-12)23(26)27)22-19(25)20-9-13-5-14(10-20)7-15(6-13)11-20/h1-4,13-15,17H,5-11H2,(H2,21,24)(H,22,25)/t13?,14?,15?,17-,20?/m0/s1. The van der Waals surface area contributed by atoms with E-state index in [1.165, 1.54) is 31.4 Å². The second-order valence-electron chi connectivity index (χ2n) is 8.75. The van der Waals surface area contributed by atoms with Gasteiger partial charge < -0.3 is 11.1 Å². The van der Waals surface area contributed by atoms with E-state index in [1.54, 1.807) is 12.1 Å². The van der Waals surface area contributed by atoms with Crippen molar-refractivity contribution in [1.29, 1.82) is 0 Å². The van der Waals surface area contributed by atoms with E-state index in [2.05, 4.69) is 5.32 Å². The molecule has 0 aliphatic heterocycles. The summed E-state index contributed by atoms with van der Waals surface area (Å²) < 4.78 is 0. The Kier molecular flexibility index (Phi) is 4.40. The van der Waals surface area contributed by atoms with Crippen molar-refractivity contribution in [1.82, 2.24) is 5.32 Å². The Hall–Kier alpha value is -2.44. The quantitative estimate of drug-likeness (QED) is 0.590. The topological polar surface area (TPSA) is 115 Å². The number of nitro benzene ring substituents is 1. The van der Waals surface area contributed by atoms with Gasteiger partial charge in [0.2, 0.25) is 11.8 Å². The maximum Gasteiger partial charge on any atom is 0.269 e. The summed E-state index contributed by atoms with van der Waals surface area (Å²) in [5.41, 5.74) is 5.93. The molecule has 4 aliphatic rings. The number of nitrogens with one attached hydrogen (secondary N) is 1. The van der Waals surface area contributed by atoms with Gasteiger partial charge in [0, 0.05) is 24.0 Å². The second-order valence-corrected chi connectivity index (χ2v) is 8.75. The molecule has 1 atom stereocenters. The predicted octanol–water partition coefficient (Wildman–Crippen LogP) is 2.32. The molecule has 4 fully saturated rings. The van der Waals surface area contributed by atoms with Crippen molar-refractivity contribution in [2.45, 2.75) is 51.0 Å². The summed E-state index contributed by atoms with van der Waals surface area (Å²) >= 11 is 0. The van der Waals surface area contributed by atoms with Gasteiger partial charge in [0.25, 0.3) is 5.69 Å². The molecule has 0 saturated heterocycles. The summed E-state index contributed by atoms with van der Waals surface area (Å²) in [6, 6.07) is 5.20. The van der Waals surface area contributed by atoms with E-state index in [0.29, 0.717) is 17.8 Å². The zero-order valence-electron chi connectivity index (χ0n) is 15.2. The Morgan fingerprint density at radius 3 is 2.07 bits per heavy atom. The zero-order chi connectivity index (χ0) is 19.2. The van der Waals surface area contributed by atoms with Gasteiger partial charge in [0.05, 0.1) is 4.92 Å². The van der Waals surface area contributed by atoms with Crippen molar-refractivity contribution in [3.05, 3.63) is 39.9 Å². The molecule has 1 aromatic carbocycles. The number of hydrogen-bond donors (Lipinski definition) is 2. The average molecular weight is 371 g/mol. The van der Waals surface area contributed by atoms with Gasteiger partial charge in [0.1, 0.15) is 6.04 Å². The summed E-state index contributed by atoms with van der Waals surface area (Å²) in [7, 11) is 0. The molecule has 7 nitrogen and oxygen atoms in total. The smallest absolute Gasteiger partial charge is 0.269 e. The van der Waals surface area contributed by atoms with Crippen molar-refractivity contribution >= 4 is 17.5 Å².